The second-order valence-corrected chi connectivity index (χ2v) is 4.59. The normalized spacial score (nSPS) is 13.6. The van der Waals surface area contributed by atoms with Crippen LogP contribution in [0.25, 0.3) is 0 Å². The number of nitrogens with one attached hydrogen (secondary N) is 1. The molecule has 0 spiro atoms. The number of primary amides is 1. The maximum absolute atomic E-state index is 13.4. The van der Waals surface area contributed by atoms with Gasteiger partial charge in [-0.3, -0.25) is 9.59 Å². The topological polar surface area (TPSA) is 98.2 Å². The zero-order chi connectivity index (χ0) is 15.3. The van der Waals surface area contributed by atoms with E-state index in [1.54, 1.807) is 6.92 Å². The maximum Gasteiger partial charge on any atom is 0.237 e. The summed E-state index contributed by atoms with van der Waals surface area (Å²) >= 11 is 0. The van der Waals surface area contributed by atoms with Gasteiger partial charge in [0, 0.05) is 11.6 Å². The standard InChI is InChI=1S/C13H17F2N3O2/c1-7(18-13(20)11(16)6-12(17)19)5-8-9(14)3-2-4-10(8)15/h2-4,7,11H,5-6,16H2,1H3,(H2,17,19)(H,18,20). The molecular weight excluding hydrogens is 268 g/mol. The molecule has 1 rings (SSSR count). The van der Waals surface area contributed by atoms with E-state index >= 15 is 0 Å². The summed E-state index contributed by atoms with van der Waals surface area (Å²) in [5.74, 6) is -2.63. The molecule has 0 saturated carbocycles. The largest absolute Gasteiger partial charge is 0.370 e. The van der Waals surface area contributed by atoms with Crippen LogP contribution >= 0.6 is 0 Å². The Morgan fingerprint density at radius 2 is 1.85 bits per heavy atom. The Balaban J connectivity index is 2.61. The number of hydrogen-bond acceptors (Lipinski definition) is 3. The van der Waals surface area contributed by atoms with Gasteiger partial charge in [-0.25, -0.2) is 8.78 Å². The highest BCUT2D eigenvalue weighted by Crippen LogP contribution is 2.14. The van der Waals surface area contributed by atoms with Gasteiger partial charge in [-0.1, -0.05) is 6.07 Å². The molecule has 0 heterocycles. The van der Waals surface area contributed by atoms with Crippen molar-refractivity contribution in [1.29, 1.82) is 0 Å². The van der Waals surface area contributed by atoms with Gasteiger partial charge in [0.1, 0.15) is 11.6 Å². The van der Waals surface area contributed by atoms with Crippen LogP contribution in [-0.4, -0.2) is 23.9 Å². The molecule has 2 unspecified atom stereocenters. The van der Waals surface area contributed by atoms with E-state index < -0.39 is 35.5 Å². The second-order valence-electron chi connectivity index (χ2n) is 4.59. The summed E-state index contributed by atoms with van der Waals surface area (Å²) in [7, 11) is 0. The summed E-state index contributed by atoms with van der Waals surface area (Å²) in [4.78, 5) is 22.3. The molecular formula is C13H17F2N3O2. The fourth-order valence-electron chi connectivity index (χ4n) is 1.74. The lowest BCUT2D eigenvalue weighted by molar-refractivity contribution is -0.126. The van der Waals surface area contributed by atoms with E-state index in [0.717, 1.165) is 12.1 Å². The van der Waals surface area contributed by atoms with Crippen LogP contribution in [0, 0.1) is 11.6 Å². The lowest BCUT2D eigenvalue weighted by atomic mass is 10.1. The molecule has 5 nitrogen and oxygen atoms in total. The molecule has 0 saturated heterocycles. The van der Waals surface area contributed by atoms with Crippen LogP contribution < -0.4 is 16.8 Å². The highest BCUT2D eigenvalue weighted by Gasteiger charge is 2.19. The molecule has 0 aliphatic rings. The van der Waals surface area contributed by atoms with Crippen molar-refractivity contribution in [1.82, 2.24) is 5.32 Å². The molecule has 2 amide bonds. The van der Waals surface area contributed by atoms with Gasteiger partial charge in [-0.05, 0) is 25.5 Å². The molecule has 1 aromatic carbocycles. The highest BCUT2D eigenvalue weighted by atomic mass is 19.1. The van der Waals surface area contributed by atoms with E-state index in [-0.39, 0.29) is 18.4 Å². The predicted molar refractivity (Wildman–Crippen MR) is 69.5 cm³/mol. The summed E-state index contributed by atoms with van der Waals surface area (Å²) in [6.45, 7) is 1.58. The Bertz CT molecular complexity index is 488. The molecule has 5 N–H and O–H groups in total. The van der Waals surface area contributed by atoms with Gasteiger partial charge in [-0.15, -0.1) is 0 Å². The average Bonchev–Trinajstić information content (AvgIpc) is 2.33. The van der Waals surface area contributed by atoms with Gasteiger partial charge in [-0.2, -0.15) is 0 Å². The average molecular weight is 285 g/mol. The smallest absolute Gasteiger partial charge is 0.237 e. The first-order valence-electron chi connectivity index (χ1n) is 6.08. The van der Waals surface area contributed by atoms with Crippen molar-refractivity contribution < 1.29 is 18.4 Å². The maximum atomic E-state index is 13.4. The molecule has 1 aromatic rings. The van der Waals surface area contributed by atoms with Crippen LogP contribution in [0.4, 0.5) is 8.78 Å². The van der Waals surface area contributed by atoms with Crippen molar-refractivity contribution in [2.45, 2.75) is 31.8 Å². The summed E-state index contributed by atoms with van der Waals surface area (Å²) in [6, 6.07) is 1.95. The highest BCUT2D eigenvalue weighted by molar-refractivity contribution is 5.87. The van der Waals surface area contributed by atoms with E-state index in [1.165, 1.54) is 6.07 Å². The van der Waals surface area contributed by atoms with E-state index in [2.05, 4.69) is 5.32 Å². The monoisotopic (exact) mass is 285 g/mol. The van der Waals surface area contributed by atoms with Crippen LogP contribution in [0.5, 0.6) is 0 Å². The third-order valence-electron chi connectivity index (χ3n) is 2.72. The van der Waals surface area contributed by atoms with Crippen LogP contribution in [0.2, 0.25) is 0 Å². The van der Waals surface area contributed by atoms with Gasteiger partial charge < -0.3 is 16.8 Å². The van der Waals surface area contributed by atoms with Crippen molar-refractivity contribution >= 4 is 11.8 Å². The first kappa shape index (κ1) is 16.0. The van der Waals surface area contributed by atoms with Gasteiger partial charge in [0.15, 0.2) is 0 Å². The minimum atomic E-state index is -1.07. The Labute approximate surface area is 115 Å². The molecule has 0 aromatic heterocycles. The summed E-state index contributed by atoms with van der Waals surface area (Å²) in [5.41, 5.74) is 10.3. The minimum Gasteiger partial charge on any atom is -0.370 e. The number of benzene rings is 1. The lowest BCUT2D eigenvalue weighted by Crippen LogP contribution is -2.46. The Hall–Kier alpha value is -2.02. The third kappa shape index (κ3) is 4.58. The van der Waals surface area contributed by atoms with Crippen molar-refractivity contribution in [2.24, 2.45) is 11.5 Å². The molecule has 0 aliphatic heterocycles. The SMILES string of the molecule is CC(Cc1c(F)cccc1F)NC(=O)C(N)CC(N)=O. The zero-order valence-corrected chi connectivity index (χ0v) is 11.0. The summed E-state index contributed by atoms with van der Waals surface area (Å²) < 4.78 is 26.9. The van der Waals surface area contributed by atoms with E-state index in [4.69, 9.17) is 11.5 Å². The van der Waals surface area contributed by atoms with Crippen LogP contribution in [0.3, 0.4) is 0 Å². The minimum absolute atomic E-state index is 0.0203. The molecule has 0 aliphatic carbocycles. The van der Waals surface area contributed by atoms with Crippen LogP contribution in [0.15, 0.2) is 18.2 Å². The van der Waals surface area contributed by atoms with E-state index in [9.17, 15) is 18.4 Å². The number of carbonyl (C=O) groups excluding carboxylic acids is 2. The van der Waals surface area contributed by atoms with Gasteiger partial charge in [0.05, 0.1) is 12.5 Å². The lowest BCUT2D eigenvalue weighted by Gasteiger charge is -2.17. The number of carbonyl (C=O) groups is 2. The van der Waals surface area contributed by atoms with E-state index in [0.29, 0.717) is 0 Å². The molecule has 0 fully saturated rings. The van der Waals surface area contributed by atoms with Gasteiger partial charge in [0.25, 0.3) is 0 Å². The predicted octanol–water partition coefficient (Wildman–Crippen LogP) is 0.215. The first-order chi connectivity index (χ1) is 9.31. The number of halogens is 2. The zero-order valence-electron chi connectivity index (χ0n) is 11.0. The number of rotatable bonds is 6. The molecule has 0 bridgehead atoms. The number of amides is 2. The van der Waals surface area contributed by atoms with Crippen LogP contribution in [0.1, 0.15) is 18.9 Å². The fourth-order valence-corrected chi connectivity index (χ4v) is 1.74. The van der Waals surface area contributed by atoms with Crippen molar-refractivity contribution in [2.75, 3.05) is 0 Å². The molecule has 2 atom stereocenters. The number of hydrogen-bond donors (Lipinski definition) is 3. The van der Waals surface area contributed by atoms with Crippen molar-refractivity contribution in [3.8, 4) is 0 Å². The molecule has 7 heteroatoms. The Morgan fingerprint density at radius 3 is 2.35 bits per heavy atom. The molecule has 20 heavy (non-hydrogen) atoms. The number of nitrogens with two attached hydrogens (primary N) is 2. The fraction of sp³-hybridized carbons (Fsp3) is 0.385. The third-order valence-corrected chi connectivity index (χ3v) is 2.72. The van der Waals surface area contributed by atoms with Crippen molar-refractivity contribution in [3.63, 3.8) is 0 Å². The quantitative estimate of drug-likeness (QED) is 0.697. The second kappa shape index (κ2) is 6.95. The summed E-state index contributed by atoms with van der Waals surface area (Å²) in [6.07, 6.45) is -0.305. The van der Waals surface area contributed by atoms with E-state index in [1.807, 2.05) is 0 Å². The first-order valence-corrected chi connectivity index (χ1v) is 6.08. The summed E-state index contributed by atoms with van der Waals surface area (Å²) in [5, 5.41) is 2.48. The molecule has 0 radical (unpaired) electrons. The van der Waals surface area contributed by atoms with Crippen molar-refractivity contribution in [3.05, 3.63) is 35.4 Å². The van der Waals surface area contributed by atoms with Gasteiger partial charge in [0.2, 0.25) is 11.8 Å². The van der Waals surface area contributed by atoms with Gasteiger partial charge >= 0.3 is 0 Å². The molecule has 110 valence electrons. The Kier molecular flexibility index (Phi) is 5.57. The Morgan fingerprint density at radius 1 is 1.30 bits per heavy atom. The van der Waals surface area contributed by atoms with Crippen LogP contribution in [-0.2, 0) is 16.0 Å².